The highest BCUT2D eigenvalue weighted by Gasteiger charge is 2.22. The second kappa shape index (κ2) is 5.39. The van der Waals surface area contributed by atoms with Crippen molar-refractivity contribution in [1.82, 2.24) is 9.97 Å². The Hall–Kier alpha value is -0.900. The van der Waals surface area contributed by atoms with Gasteiger partial charge in [-0.2, -0.15) is 0 Å². The third kappa shape index (κ3) is 2.44. The fourth-order valence-electron chi connectivity index (χ4n) is 3.29. The SMILES string of the molecule is S=c1nc2c(c(C3CCCCC3)[nH]1)CCCCN2. The van der Waals surface area contributed by atoms with E-state index in [1.165, 1.54) is 56.2 Å². The Morgan fingerprint density at radius 2 is 1.89 bits per heavy atom. The van der Waals surface area contributed by atoms with Gasteiger partial charge in [-0.15, -0.1) is 0 Å². The van der Waals surface area contributed by atoms with Gasteiger partial charge in [0.05, 0.1) is 0 Å². The van der Waals surface area contributed by atoms with Crippen molar-refractivity contribution in [2.75, 3.05) is 11.9 Å². The van der Waals surface area contributed by atoms with Crippen LogP contribution in [0.3, 0.4) is 0 Å². The number of aromatic amines is 1. The molecule has 2 heterocycles. The standard InChI is InChI=1S/C14H21N3S/c18-14-16-12(10-6-2-1-3-7-10)11-8-4-5-9-15-13(11)17-14/h10H,1-9H2,(H2,15,16,17,18). The Morgan fingerprint density at radius 1 is 1.06 bits per heavy atom. The lowest BCUT2D eigenvalue weighted by atomic mass is 9.84. The molecule has 1 aromatic rings. The number of fused-ring (bicyclic) bond motifs is 1. The molecule has 1 aliphatic carbocycles. The molecule has 0 bridgehead atoms. The van der Waals surface area contributed by atoms with Gasteiger partial charge in [0.15, 0.2) is 4.77 Å². The van der Waals surface area contributed by atoms with Crippen LogP contribution in [-0.4, -0.2) is 16.5 Å². The van der Waals surface area contributed by atoms with E-state index in [1.54, 1.807) is 0 Å². The molecule has 0 aromatic carbocycles. The zero-order valence-electron chi connectivity index (χ0n) is 10.8. The Bertz CT molecular complexity index is 474. The third-order valence-corrected chi connectivity index (χ3v) is 4.42. The van der Waals surface area contributed by atoms with E-state index >= 15 is 0 Å². The van der Waals surface area contributed by atoms with Crippen molar-refractivity contribution >= 4 is 18.0 Å². The topological polar surface area (TPSA) is 40.7 Å². The van der Waals surface area contributed by atoms with Crippen LogP contribution in [-0.2, 0) is 6.42 Å². The first-order chi connectivity index (χ1) is 8.84. The Labute approximate surface area is 113 Å². The molecule has 2 aliphatic rings. The fourth-order valence-corrected chi connectivity index (χ4v) is 3.49. The van der Waals surface area contributed by atoms with Crippen LogP contribution in [0.25, 0.3) is 0 Å². The number of anilines is 1. The number of H-pyrrole nitrogens is 1. The Kier molecular flexibility index (Phi) is 3.64. The molecule has 3 rings (SSSR count). The lowest BCUT2D eigenvalue weighted by Crippen LogP contribution is -2.13. The van der Waals surface area contributed by atoms with Crippen molar-refractivity contribution in [2.24, 2.45) is 0 Å². The number of aromatic nitrogens is 2. The van der Waals surface area contributed by atoms with Crippen LogP contribution in [0.2, 0.25) is 0 Å². The van der Waals surface area contributed by atoms with Crippen molar-refractivity contribution in [3.8, 4) is 0 Å². The molecule has 0 amide bonds. The lowest BCUT2D eigenvalue weighted by molar-refractivity contribution is 0.433. The Morgan fingerprint density at radius 3 is 2.72 bits per heavy atom. The minimum atomic E-state index is 0.642. The van der Waals surface area contributed by atoms with Gasteiger partial charge in [0.25, 0.3) is 0 Å². The number of hydrogen-bond acceptors (Lipinski definition) is 3. The van der Waals surface area contributed by atoms with E-state index in [-0.39, 0.29) is 0 Å². The van der Waals surface area contributed by atoms with E-state index in [9.17, 15) is 0 Å². The largest absolute Gasteiger partial charge is 0.370 e. The molecule has 0 atom stereocenters. The van der Waals surface area contributed by atoms with Crippen molar-refractivity contribution in [2.45, 2.75) is 57.3 Å². The highest BCUT2D eigenvalue weighted by atomic mass is 32.1. The third-order valence-electron chi connectivity index (χ3n) is 4.23. The average Bonchev–Trinajstić information content (AvgIpc) is 2.64. The molecule has 4 heteroatoms. The first kappa shape index (κ1) is 12.2. The molecule has 2 N–H and O–H groups in total. The van der Waals surface area contributed by atoms with Crippen molar-refractivity contribution in [3.05, 3.63) is 16.0 Å². The monoisotopic (exact) mass is 263 g/mol. The maximum Gasteiger partial charge on any atom is 0.198 e. The predicted molar refractivity (Wildman–Crippen MR) is 76.7 cm³/mol. The summed E-state index contributed by atoms with van der Waals surface area (Å²) in [4.78, 5) is 7.87. The van der Waals surface area contributed by atoms with Gasteiger partial charge in [-0.05, 0) is 50.2 Å². The number of hydrogen-bond donors (Lipinski definition) is 2. The summed E-state index contributed by atoms with van der Waals surface area (Å²) < 4.78 is 0.642. The summed E-state index contributed by atoms with van der Waals surface area (Å²) in [6, 6.07) is 0. The molecule has 98 valence electrons. The van der Waals surface area contributed by atoms with Crippen LogP contribution in [0, 0.1) is 4.77 Å². The minimum Gasteiger partial charge on any atom is -0.370 e. The predicted octanol–water partition coefficient (Wildman–Crippen LogP) is 3.94. The van der Waals surface area contributed by atoms with E-state index < -0.39 is 0 Å². The van der Waals surface area contributed by atoms with Gasteiger partial charge in [-0.1, -0.05) is 19.3 Å². The maximum atomic E-state index is 5.29. The molecule has 3 nitrogen and oxygen atoms in total. The first-order valence-electron chi connectivity index (χ1n) is 7.21. The van der Waals surface area contributed by atoms with Crippen LogP contribution >= 0.6 is 12.2 Å². The number of nitrogens with zero attached hydrogens (tertiary/aromatic N) is 1. The second-order valence-electron chi connectivity index (χ2n) is 5.50. The molecule has 0 unspecified atom stereocenters. The van der Waals surface area contributed by atoms with E-state index in [4.69, 9.17) is 12.2 Å². The molecular weight excluding hydrogens is 242 g/mol. The van der Waals surface area contributed by atoms with Gasteiger partial charge < -0.3 is 10.3 Å². The van der Waals surface area contributed by atoms with Crippen molar-refractivity contribution in [1.29, 1.82) is 0 Å². The summed E-state index contributed by atoms with van der Waals surface area (Å²) in [5, 5.41) is 3.45. The molecule has 1 aromatic heterocycles. The van der Waals surface area contributed by atoms with Gasteiger partial charge in [-0.25, -0.2) is 4.98 Å². The molecule has 18 heavy (non-hydrogen) atoms. The zero-order chi connectivity index (χ0) is 12.4. The highest BCUT2D eigenvalue weighted by Crippen LogP contribution is 2.35. The van der Waals surface area contributed by atoms with E-state index in [1.807, 2.05) is 0 Å². The van der Waals surface area contributed by atoms with E-state index in [0.717, 1.165) is 18.8 Å². The molecule has 0 spiro atoms. The van der Waals surface area contributed by atoms with Gasteiger partial charge >= 0.3 is 0 Å². The normalized spacial score (nSPS) is 20.9. The van der Waals surface area contributed by atoms with E-state index in [2.05, 4.69) is 15.3 Å². The van der Waals surface area contributed by atoms with Crippen LogP contribution in [0.15, 0.2) is 0 Å². The number of rotatable bonds is 1. The summed E-state index contributed by atoms with van der Waals surface area (Å²) in [5.41, 5.74) is 2.80. The summed E-state index contributed by atoms with van der Waals surface area (Å²) >= 11 is 5.29. The molecule has 0 radical (unpaired) electrons. The average molecular weight is 263 g/mol. The molecular formula is C14H21N3S. The van der Waals surface area contributed by atoms with Gasteiger partial charge in [0, 0.05) is 17.8 Å². The smallest absolute Gasteiger partial charge is 0.198 e. The first-order valence-corrected chi connectivity index (χ1v) is 7.62. The molecule has 1 fully saturated rings. The highest BCUT2D eigenvalue weighted by molar-refractivity contribution is 7.71. The fraction of sp³-hybridized carbons (Fsp3) is 0.714. The van der Waals surface area contributed by atoms with Crippen LogP contribution in [0.4, 0.5) is 5.82 Å². The second-order valence-corrected chi connectivity index (χ2v) is 5.89. The zero-order valence-corrected chi connectivity index (χ0v) is 11.6. The molecule has 1 aliphatic heterocycles. The summed E-state index contributed by atoms with van der Waals surface area (Å²) in [6.07, 6.45) is 10.4. The lowest BCUT2D eigenvalue weighted by Gasteiger charge is -2.24. The summed E-state index contributed by atoms with van der Waals surface area (Å²) in [5.74, 6) is 1.73. The van der Waals surface area contributed by atoms with Crippen LogP contribution in [0.1, 0.15) is 62.1 Å². The van der Waals surface area contributed by atoms with E-state index in [0.29, 0.717) is 10.7 Å². The van der Waals surface area contributed by atoms with Gasteiger partial charge in [-0.3, -0.25) is 0 Å². The minimum absolute atomic E-state index is 0.642. The van der Waals surface area contributed by atoms with Crippen LogP contribution in [0.5, 0.6) is 0 Å². The molecule has 0 saturated heterocycles. The quantitative estimate of drug-likeness (QED) is 0.754. The van der Waals surface area contributed by atoms with Crippen LogP contribution < -0.4 is 5.32 Å². The van der Waals surface area contributed by atoms with Gasteiger partial charge in [0.1, 0.15) is 5.82 Å². The molecule has 1 saturated carbocycles. The number of nitrogens with one attached hydrogen (secondary N) is 2. The Balaban J connectivity index is 2.01. The summed E-state index contributed by atoms with van der Waals surface area (Å²) in [7, 11) is 0. The maximum absolute atomic E-state index is 5.29. The van der Waals surface area contributed by atoms with Gasteiger partial charge in [0.2, 0.25) is 0 Å². The van der Waals surface area contributed by atoms with Crippen molar-refractivity contribution in [3.63, 3.8) is 0 Å². The van der Waals surface area contributed by atoms with Crippen molar-refractivity contribution < 1.29 is 0 Å². The summed E-state index contributed by atoms with van der Waals surface area (Å²) in [6.45, 7) is 1.03.